The molecule has 6 heteroatoms. The number of carbonyl (C=O) groups excluding carboxylic acids is 2. The van der Waals surface area contributed by atoms with Crippen LogP contribution in [0, 0.1) is 0 Å². The molecule has 15 heavy (non-hydrogen) atoms. The number of aliphatic hydroxyl groups excluding tert-OH is 2. The second kappa shape index (κ2) is 6.36. The van der Waals surface area contributed by atoms with Gasteiger partial charge in [-0.1, -0.05) is 0 Å². The van der Waals surface area contributed by atoms with Crippen LogP contribution in [-0.4, -0.2) is 47.1 Å². The minimum Gasteiger partial charge on any atom is -0.448 e. The van der Waals surface area contributed by atoms with Crippen LogP contribution in [0.3, 0.4) is 0 Å². The van der Waals surface area contributed by atoms with Crippen molar-refractivity contribution in [2.75, 3.05) is 6.61 Å². The molecule has 1 fully saturated rings. The number of cyclic esters (lactones) is 2. The Bertz CT molecular complexity index is 210. The number of hydrogen-bond donors (Lipinski definition) is 2. The van der Waals surface area contributed by atoms with Crippen molar-refractivity contribution in [3.8, 4) is 0 Å². The summed E-state index contributed by atoms with van der Waals surface area (Å²) in [7, 11) is 0. The van der Waals surface area contributed by atoms with E-state index in [0.717, 1.165) is 0 Å². The average molecular weight is 223 g/mol. The van der Waals surface area contributed by atoms with Gasteiger partial charge in [0.05, 0.1) is 12.7 Å². The number of rotatable bonds is 1. The molecule has 2 N–H and O–H groups in total. The maximum atomic E-state index is 10.7. The molecule has 0 aromatic carbocycles. The summed E-state index contributed by atoms with van der Waals surface area (Å²) in [5.41, 5.74) is 0. The summed E-state index contributed by atoms with van der Waals surface area (Å²) >= 11 is 0. The Morgan fingerprint density at radius 3 is 1.73 bits per heavy atom. The van der Waals surface area contributed by atoms with Crippen molar-refractivity contribution < 1.29 is 30.7 Å². The number of ether oxygens (including phenoxy) is 2. The molecular weight excluding hydrogens is 204 g/mol. The van der Waals surface area contributed by atoms with Crippen molar-refractivity contribution in [3.05, 3.63) is 0 Å². The highest BCUT2D eigenvalue weighted by molar-refractivity contribution is 5.86. The van der Waals surface area contributed by atoms with Gasteiger partial charge in [0.2, 0.25) is 0 Å². The molecule has 3 atom stereocenters. The monoisotopic (exact) mass is 223 g/mol. The number of aliphatic hydroxyl groups is 2. The van der Waals surface area contributed by atoms with Gasteiger partial charge in [0.25, 0.3) is 0 Å². The third kappa shape index (κ3) is 5.34. The fourth-order valence-electron chi connectivity index (χ4n) is 0.636. The van der Waals surface area contributed by atoms with Crippen LogP contribution in [0.2, 0.25) is 0 Å². The minimum absolute atomic E-state index is 0. The first-order valence-corrected chi connectivity index (χ1v) is 4.58. The highest BCUT2D eigenvalue weighted by Gasteiger charge is 2.32. The van der Waals surface area contributed by atoms with E-state index < -0.39 is 30.3 Å². The third-order valence-electron chi connectivity index (χ3n) is 1.51. The van der Waals surface area contributed by atoms with Gasteiger partial charge >= 0.3 is 11.9 Å². The second-order valence-corrected chi connectivity index (χ2v) is 3.19. The van der Waals surface area contributed by atoms with Crippen LogP contribution in [-0.2, 0) is 19.1 Å². The maximum Gasteiger partial charge on any atom is 0.347 e. The summed E-state index contributed by atoms with van der Waals surface area (Å²) in [5, 5.41) is 16.0. The predicted octanol–water partition coefficient (Wildman–Crippen LogP) is -0.531. The molecule has 0 aromatic rings. The molecule has 6 nitrogen and oxygen atoms in total. The van der Waals surface area contributed by atoms with Gasteiger partial charge in [-0.15, -0.1) is 0 Å². The van der Waals surface area contributed by atoms with Crippen LogP contribution >= 0.6 is 0 Å². The Hall–Kier alpha value is -1.14. The lowest BCUT2D eigenvalue weighted by Crippen LogP contribution is -2.40. The summed E-state index contributed by atoms with van der Waals surface area (Å²) in [6.45, 7) is 4.35. The molecule has 0 aromatic heterocycles. The molecule has 0 saturated carbocycles. The van der Waals surface area contributed by atoms with Gasteiger partial charge < -0.3 is 19.7 Å². The molecule has 1 heterocycles. The first kappa shape index (κ1) is 13.9. The van der Waals surface area contributed by atoms with E-state index in [1.807, 2.05) is 0 Å². The lowest BCUT2D eigenvalue weighted by atomic mass is 10.3. The molecule has 1 aliphatic rings. The molecule has 90 valence electrons. The standard InChI is InChI=1S/C6H8O4.C3H8O2.H2/c1-3-5(7)10-4(2)6(8)9-3;1-3(5)2-4;/h3-4H,1-2H3;3-5H,2H2,1H3;1H/i;;1+1. The molecule has 0 bridgehead atoms. The van der Waals surface area contributed by atoms with Crippen molar-refractivity contribution in [1.29, 1.82) is 0 Å². The molecule has 0 spiro atoms. The second-order valence-electron chi connectivity index (χ2n) is 3.19. The predicted molar refractivity (Wildman–Crippen MR) is 52.0 cm³/mol. The Labute approximate surface area is 89.3 Å². The van der Waals surface area contributed by atoms with E-state index in [4.69, 9.17) is 10.2 Å². The van der Waals surface area contributed by atoms with Gasteiger partial charge in [-0.05, 0) is 20.8 Å². The third-order valence-corrected chi connectivity index (χ3v) is 1.51. The van der Waals surface area contributed by atoms with E-state index in [0.29, 0.717) is 0 Å². The SMILES string of the molecule is CC(O)CO.CC1OC(=O)C(C)OC1=O.[2HH]. The first-order chi connectivity index (χ1) is 6.88. The number of hydrogen-bond acceptors (Lipinski definition) is 6. The number of esters is 2. The zero-order chi connectivity index (χ0) is 12.0. The summed E-state index contributed by atoms with van der Waals surface area (Å²) in [6, 6.07) is 0. The molecule has 1 saturated heterocycles. The zero-order valence-corrected chi connectivity index (χ0v) is 8.97. The average Bonchev–Trinajstić information content (AvgIpc) is 2.16. The molecule has 1 rings (SSSR count). The van der Waals surface area contributed by atoms with Gasteiger partial charge in [0.1, 0.15) is 0 Å². The van der Waals surface area contributed by atoms with Gasteiger partial charge in [-0.3, -0.25) is 0 Å². The van der Waals surface area contributed by atoms with E-state index >= 15 is 0 Å². The van der Waals surface area contributed by atoms with E-state index in [1.54, 1.807) is 0 Å². The lowest BCUT2D eigenvalue weighted by Gasteiger charge is -2.22. The topological polar surface area (TPSA) is 93.1 Å². The van der Waals surface area contributed by atoms with Crippen molar-refractivity contribution in [2.45, 2.75) is 39.1 Å². The quantitative estimate of drug-likeness (QED) is 0.580. The van der Waals surface area contributed by atoms with E-state index in [9.17, 15) is 9.59 Å². The molecule has 0 amide bonds. The Morgan fingerprint density at radius 2 is 1.53 bits per heavy atom. The lowest BCUT2D eigenvalue weighted by molar-refractivity contribution is -0.191. The van der Waals surface area contributed by atoms with Crippen LogP contribution in [0.25, 0.3) is 0 Å². The highest BCUT2D eigenvalue weighted by atomic mass is 16.6. The van der Waals surface area contributed by atoms with Crippen molar-refractivity contribution >= 4 is 11.9 Å². The van der Waals surface area contributed by atoms with Gasteiger partial charge in [-0.2, -0.15) is 0 Å². The molecule has 0 aliphatic carbocycles. The van der Waals surface area contributed by atoms with Crippen molar-refractivity contribution in [2.24, 2.45) is 0 Å². The summed E-state index contributed by atoms with van der Waals surface area (Å²) < 4.78 is 9.19. The molecule has 3 unspecified atom stereocenters. The van der Waals surface area contributed by atoms with Gasteiger partial charge in [0, 0.05) is 1.43 Å². The molecule has 1 aliphatic heterocycles. The van der Waals surface area contributed by atoms with E-state index in [-0.39, 0.29) is 8.03 Å². The Morgan fingerprint density at radius 1 is 1.27 bits per heavy atom. The molecular formula is C9H18O6. The van der Waals surface area contributed by atoms with Crippen LogP contribution < -0.4 is 0 Å². The van der Waals surface area contributed by atoms with Crippen molar-refractivity contribution in [3.63, 3.8) is 0 Å². The van der Waals surface area contributed by atoms with Crippen molar-refractivity contribution in [1.82, 2.24) is 0 Å². The fourth-order valence-corrected chi connectivity index (χ4v) is 0.636. The Balaban J connectivity index is 0. The van der Waals surface area contributed by atoms with Crippen LogP contribution in [0.1, 0.15) is 22.2 Å². The Kier molecular flexibility index (Phi) is 5.88. The molecule has 0 radical (unpaired) electrons. The van der Waals surface area contributed by atoms with Crippen LogP contribution in [0.4, 0.5) is 0 Å². The fraction of sp³-hybridized carbons (Fsp3) is 0.778. The zero-order valence-electron chi connectivity index (χ0n) is 8.97. The first-order valence-electron chi connectivity index (χ1n) is 4.58. The normalized spacial score (nSPS) is 27.0. The maximum absolute atomic E-state index is 10.7. The number of carbonyl (C=O) groups is 2. The smallest absolute Gasteiger partial charge is 0.347 e. The summed E-state index contributed by atoms with van der Waals surface area (Å²) in [5.74, 6) is -0.959. The largest absolute Gasteiger partial charge is 0.448 e. The minimum atomic E-state index is -0.747. The van der Waals surface area contributed by atoms with Gasteiger partial charge in [-0.25, -0.2) is 9.59 Å². The summed E-state index contributed by atoms with van der Waals surface area (Å²) in [4.78, 5) is 21.3. The van der Waals surface area contributed by atoms with Crippen LogP contribution in [0.5, 0.6) is 0 Å². The van der Waals surface area contributed by atoms with E-state index in [1.165, 1.54) is 20.8 Å². The van der Waals surface area contributed by atoms with Gasteiger partial charge in [0.15, 0.2) is 12.2 Å². The van der Waals surface area contributed by atoms with E-state index in [2.05, 4.69) is 9.47 Å². The summed E-state index contributed by atoms with van der Waals surface area (Å²) in [6.07, 6.45) is -2.05. The van der Waals surface area contributed by atoms with Crippen LogP contribution in [0.15, 0.2) is 0 Å². The highest BCUT2D eigenvalue weighted by Crippen LogP contribution is 2.08.